The zero-order chi connectivity index (χ0) is 31.8. The molecule has 0 radical (unpaired) electrons. The van der Waals surface area contributed by atoms with Crippen LogP contribution in [0.1, 0.15) is 0 Å². The van der Waals surface area contributed by atoms with Crippen LogP contribution in [0.4, 0.5) is 17.1 Å². The monoisotopic (exact) mass is 623 g/mol. The summed E-state index contributed by atoms with van der Waals surface area (Å²) in [5, 5.41) is 9.59. The molecule has 0 aliphatic carbocycles. The molecule has 0 N–H and O–H groups in total. The van der Waals surface area contributed by atoms with Crippen LogP contribution in [0, 0.1) is 0 Å². The van der Waals surface area contributed by atoms with E-state index in [2.05, 4.69) is 165 Å². The van der Waals surface area contributed by atoms with Crippen LogP contribution in [0.25, 0.3) is 87.5 Å². The van der Waals surface area contributed by atoms with E-state index in [9.17, 15) is 0 Å². The predicted molar refractivity (Wildman–Crippen MR) is 204 cm³/mol. The SMILES string of the molecule is c1ccc(N(c2ccccc2)c2cccc3c4cccc5c6nc7c(nc6n(c23)c45)c2cccc3c4cc5ccccc5cc4n7c32)cc1. The topological polar surface area (TPSA) is 37.8 Å². The molecule has 0 atom stereocenters. The van der Waals surface area contributed by atoms with Crippen LogP contribution in [0.2, 0.25) is 0 Å². The third-order valence-corrected chi connectivity index (χ3v) is 10.5. The van der Waals surface area contributed by atoms with Gasteiger partial charge in [-0.05, 0) is 53.2 Å². The van der Waals surface area contributed by atoms with Crippen molar-refractivity contribution in [3.8, 4) is 0 Å². The van der Waals surface area contributed by atoms with Crippen molar-refractivity contribution in [1.82, 2.24) is 18.8 Å². The van der Waals surface area contributed by atoms with Crippen molar-refractivity contribution in [1.29, 1.82) is 0 Å². The molecular weight excluding hydrogens is 599 g/mol. The molecule has 0 saturated heterocycles. The molecule has 0 aliphatic heterocycles. The Kier molecular flexibility index (Phi) is 4.66. The first-order chi connectivity index (χ1) is 24.3. The van der Waals surface area contributed by atoms with Crippen molar-refractivity contribution in [2.75, 3.05) is 4.90 Å². The standard InChI is InChI=1S/C44H25N5/c1-3-14-28(15-4-1)47(29-16-5-2-6-17-29)36-23-11-20-31-30-18-9-22-34-39-44(49(41(30)34)42(31)36)46-38-33-21-10-19-32-35-24-26-12-7-8-13-27(26)25-37(35)48(40(32)33)43(38)45-39/h1-25H. The van der Waals surface area contributed by atoms with Crippen LogP contribution < -0.4 is 4.90 Å². The molecule has 226 valence electrons. The Bertz CT molecular complexity index is 3230. The number of anilines is 3. The maximum Gasteiger partial charge on any atom is 0.165 e. The fraction of sp³-hybridized carbons (Fsp3) is 0. The second kappa shape index (κ2) is 9.00. The van der Waals surface area contributed by atoms with E-state index in [1.807, 2.05) is 0 Å². The number of aromatic nitrogens is 4. The summed E-state index contributed by atoms with van der Waals surface area (Å²) in [6.07, 6.45) is 0. The average molecular weight is 624 g/mol. The normalized spacial score (nSPS) is 12.5. The number of rotatable bonds is 3. The van der Waals surface area contributed by atoms with Gasteiger partial charge in [0, 0.05) is 43.7 Å². The molecule has 49 heavy (non-hydrogen) atoms. The van der Waals surface area contributed by atoms with Gasteiger partial charge in [-0.15, -0.1) is 0 Å². The average Bonchev–Trinajstić information content (AvgIpc) is 3.88. The van der Waals surface area contributed by atoms with Gasteiger partial charge in [-0.2, -0.15) is 0 Å². The molecule has 7 aromatic carbocycles. The fourth-order valence-corrected chi connectivity index (χ4v) is 8.52. The van der Waals surface area contributed by atoms with Gasteiger partial charge in [0.05, 0.1) is 27.8 Å². The van der Waals surface area contributed by atoms with Crippen molar-refractivity contribution in [2.45, 2.75) is 0 Å². The van der Waals surface area contributed by atoms with Gasteiger partial charge in [0.2, 0.25) is 0 Å². The lowest BCUT2D eigenvalue weighted by molar-refractivity contribution is 1.23. The molecule has 0 spiro atoms. The first-order valence-corrected chi connectivity index (χ1v) is 16.7. The molecule has 5 heteroatoms. The van der Waals surface area contributed by atoms with E-state index in [4.69, 9.17) is 9.97 Å². The van der Waals surface area contributed by atoms with Gasteiger partial charge in [-0.1, -0.05) is 109 Å². The molecule has 5 nitrogen and oxygen atoms in total. The van der Waals surface area contributed by atoms with Crippen LogP contribution in [-0.4, -0.2) is 18.8 Å². The maximum absolute atomic E-state index is 5.58. The number of benzene rings is 7. The minimum atomic E-state index is 0.881. The Labute approximate surface area is 279 Å². The molecule has 0 fully saturated rings. The molecule has 12 rings (SSSR count). The highest BCUT2D eigenvalue weighted by molar-refractivity contribution is 6.27. The Balaban J connectivity index is 1.26. The van der Waals surface area contributed by atoms with Gasteiger partial charge in [0.1, 0.15) is 11.0 Å². The van der Waals surface area contributed by atoms with E-state index in [0.29, 0.717) is 0 Å². The lowest BCUT2D eigenvalue weighted by atomic mass is 10.1. The van der Waals surface area contributed by atoms with E-state index in [1.165, 1.54) is 43.4 Å². The van der Waals surface area contributed by atoms with E-state index in [0.717, 1.165) is 61.2 Å². The van der Waals surface area contributed by atoms with Gasteiger partial charge in [0.25, 0.3) is 0 Å². The van der Waals surface area contributed by atoms with Gasteiger partial charge >= 0.3 is 0 Å². The van der Waals surface area contributed by atoms with Crippen molar-refractivity contribution in [3.05, 3.63) is 152 Å². The van der Waals surface area contributed by atoms with Crippen LogP contribution >= 0.6 is 0 Å². The smallest absolute Gasteiger partial charge is 0.165 e. The highest BCUT2D eigenvalue weighted by Crippen LogP contribution is 2.46. The lowest BCUT2D eigenvalue weighted by Gasteiger charge is -2.26. The summed E-state index contributed by atoms with van der Waals surface area (Å²) in [6, 6.07) is 54.3. The second-order valence-electron chi connectivity index (χ2n) is 13.0. The lowest BCUT2D eigenvalue weighted by Crippen LogP contribution is -2.10. The summed E-state index contributed by atoms with van der Waals surface area (Å²) in [5.74, 6) is 0. The van der Waals surface area contributed by atoms with Crippen molar-refractivity contribution >= 4 is 105 Å². The number of fused-ring (bicyclic) bond motifs is 13. The van der Waals surface area contributed by atoms with E-state index in [-0.39, 0.29) is 0 Å². The Morgan fingerprint density at radius 3 is 1.53 bits per heavy atom. The number of para-hydroxylation sites is 5. The Hall–Kier alpha value is -6.72. The summed E-state index contributed by atoms with van der Waals surface area (Å²) >= 11 is 0. The van der Waals surface area contributed by atoms with E-state index < -0.39 is 0 Å². The minimum absolute atomic E-state index is 0.881. The third-order valence-electron chi connectivity index (χ3n) is 10.5. The van der Waals surface area contributed by atoms with Gasteiger partial charge in [0.15, 0.2) is 11.3 Å². The van der Waals surface area contributed by atoms with Crippen molar-refractivity contribution in [2.24, 2.45) is 0 Å². The number of hydrogen-bond acceptors (Lipinski definition) is 3. The first-order valence-electron chi connectivity index (χ1n) is 16.7. The quantitative estimate of drug-likeness (QED) is 0.197. The molecular formula is C44H25N5. The Morgan fingerprint density at radius 1 is 0.388 bits per heavy atom. The summed E-state index contributed by atoms with van der Waals surface area (Å²) in [4.78, 5) is 13.5. The zero-order valence-electron chi connectivity index (χ0n) is 26.2. The first kappa shape index (κ1) is 25.4. The Morgan fingerprint density at radius 2 is 0.878 bits per heavy atom. The van der Waals surface area contributed by atoms with Crippen LogP contribution in [0.15, 0.2) is 152 Å². The van der Waals surface area contributed by atoms with Gasteiger partial charge < -0.3 is 4.90 Å². The summed E-state index contributed by atoms with van der Waals surface area (Å²) in [5.41, 5.74) is 11.6. The molecule has 0 saturated carbocycles. The summed E-state index contributed by atoms with van der Waals surface area (Å²) in [6.45, 7) is 0. The van der Waals surface area contributed by atoms with Crippen molar-refractivity contribution in [3.63, 3.8) is 0 Å². The molecule has 0 bridgehead atoms. The van der Waals surface area contributed by atoms with Crippen molar-refractivity contribution < 1.29 is 0 Å². The predicted octanol–water partition coefficient (Wildman–Crippen LogP) is 11.4. The summed E-state index contributed by atoms with van der Waals surface area (Å²) < 4.78 is 4.72. The van der Waals surface area contributed by atoms with Gasteiger partial charge in [-0.25, -0.2) is 9.97 Å². The molecule has 5 aromatic heterocycles. The molecule has 12 aromatic rings. The largest absolute Gasteiger partial charge is 0.308 e. The number of hydrogen-bond donors (Lipinski definition) is 0. The summed E-state index contributed by atoms with van der Waals surface area (Å²) in [7, 11) is 0. The fourth-order valence-electron chi connectivity index (χ4n) is 8.52. The number of nitrogens with zero attached hydrogens (tertiary/aromatic N) is 5. The van der Waals surface area contributed by atoms with Crippen LogP contribution in [0.5, 0.6) is 0 Å². The molecule has 0 unspecified atom stereocenters. The van der Waals surface area contributed by atoms with E-state index in [1.54, 1.807) is 0 Å². The second-order valence-corrected chi connectivity index (χ2v) is 13.0. The molecule has 0 amide bonds. The van der Waals surface area contributed by atoms with Crippen LogP contribution in [-0.2, 0) is 0 Å². The van der Waals surface area contributed by atoms with E-state index >= 15 is 0 Å². The molecule has 0 aliphatic rings. The maximum atomic E-state index is 5.58. The van der Waals surface area contributed by atoms with Crippen LogP contribution in [0.3, 0.4) is 0 Å². The highest BCUT2D eigenvalue weighted by atomic mass is 15.2. The van der Waals surface area contributed by atoms with Gasteiger partial charge in [-0.3, -0.25) is 8.80 Å². The minimum Gasteiger partial charge on any atom is -0.308 e. The zero-order valence-corrected chi connectivity index (χ0v) is 26.2. The highest BCUT2D eigenvalue weighted by Gasteiger charge is 2.26. The molecule has 5 heterocycles. The third kappa shape index (κ3) is 3.15.